The van der Waals surface area contributed by atoms with Gasteiger partial charge >= 0.3 is 0 Å². The molecule has 0 aliphatic carbocycles. The van der Waals surface area contributed by atoms with Gasteiger partial charge in [0.15, 0.2) is 0 Å². The average molecular weight is 370 g/mol. The number of fused-ring (bicyclic) bond motifs is 1. The summed E-state index contributed by atoms with van der Waals surface area (Å²) in [6.07, 6.45) is 1.26. The van der Waals surface area contributed by atoms with E-state index in [0.29, 0.717) is 0 Å². The highest BCUT2D eigenvalue weighted by Gasteiger charge is 2.18. The highest BCUT2D eigenvalue weighted by Crippen LogP contribution is 2.17. The zero-order chi connectivity index (χ0) is 18.5. The maximum absolute atomic E-state index is 5.85. The zero-order valence-electron chi connectivity index (χ0n) is 16.1. The van der Waals surface area contributed by atoms with Crippen LogP contribution in [0.3, 0.4) is 0 Å². The number of ether oxygens (including phenoxy) is 1. The lowest BCUT2D eigenvalue weighted by atomic mass is 10.1. The molecule has 6 nitrogen and oxygen atoms in total. The fraction of sp³-hybridized carbons (Fsp3) is 0.571. The molecule has 2 N–H and O–H groups in total. The summed E-state index contributed by atoms with van der Waals surface area (Å²) in [4.78, 5) is 12.5. The SMILES string of the molecule is Nc1ccc2nc(CN3CCN(CCCN4CCOCC4)CC3)ccc2c1. The second kappa shape index (κ2) is 8.97. The fourth-order valence-corrected chi connectivity index (χ4v) is 4.02. The van der Waals surface area contributed by atoms with Crippen molar-refractivity contribution >= 4 is 16.6 Å². The van der Waals surface area contributed by atoms with E-state index in [1.165, 1.54) is 19.5 Å². The summed E-state index contributed by atoms with van der Waals surface area (Å²) >= 11 is 0. The molecule has 2 aliphatic heterocycles. The van der Waals surface area contributed by atoms with Gasteiger partial charge in [0, 0.05) is 56.9 Å². The van der Waals surface area contributed by atoms with Crippen LogP contribution in [-0.2, 0) is 11.3 Å². The number of nitrogen functional groups attached to an aromatic ring is 1. The molecule has 0 amide bonds. The first-order valence-electron chi connectivity index (χ1n) is 10.2. The third-order valence-corrected chi connectivity index (χ3v) is 5.67. The topological polar surface area (TPSA) is 57.9 Å². The minimum atomic E-state index is 0.793. The quantitative estimate of drug-likeness (QED) is 0.782. The molecule has 0 bridgehead atoms. The predicted molar refractivity (Wildman–Crippen MR) is 110 cm³/mol. The lowest BCUT2D eigenvalue weighted by molar-refractivity contribution is 0.0350. The van der Waals surface area contributed by atoms with Crippen molar-refractivity contribution in [2.24, 2.45) is 0 Å². The van der Waals surface area contributed by atoms with Crippen LogP contribution in [0.2, 0.25) is 0 Å². The van der Waals surface area contributed by atoms with Gasteiger partial charge in [0.1, 0.15) is 0 Å². The molecule has 1 aromatic heterocycles. The second-order valence-corrected chi connectivity index (χ2v) is 7.68. The van der Waals surface area contributed by atoms with E-state index >= 15 is 0 Å². The first-order chi connectivity index (χ1) is 13.3. The number of pyridine rings is 1. The van der Waals surface area contributed by atoms with Crippen molar-refractivity contribution in [1.82, 2.24) is 19.7 Å². The Morgan fingerprint density at radius 1 is 0.852 bits per heavy atom. The number of piperazine rings is 1. The molecular formula is C21H31N5O. The second-order valence-electron chi connectivity index (χ2n) is 7.68. The molecule has 0 atom stereocenters. The highest BCUT2D eigenvalue weighted by molar-refractivity contribution is 5.81. The molecule has 3 heterocycles. The molecule has 2 fully saturated rings. The van der Waals surface area contributed by atoms with Crippen molar-refractivity contribution in [2.45, 2.75) is 13.0 Å². The molecular weight excluding hydrogens is 338 g/mol. The molecule has 0 radical (unpaired) electrons. The van der Waals surface area contributed by atoms with E-state index in [1.807, 2.05) is 18.2 Å². The maximum atomic E-state index is 5.85. The van der Waals surface area contributed by atoms with Gasteiger partial charge in [-0.15, -0.1) is 0 Å². The Bertz CT molecular complexity index is 738. The Morgan fingerprint density at radius 2 is 1.56 bits per heavy atom. The monoisotopic (exact) mass is 369 g/mol. The van der Waals surface area contributed by atoms with Gasteiger partial charge in [0.2, 0.25) is 0 Å². The number of nitrogens with two attached hydrogens (primary N) is 1. The summed E-state index contributed by atoms with van der Waals surface area (Å²) in [5.74, 6) is 0. The summed E-state index contributed by atoms with van der Waals surface area (Å²) < 4.78 is 5.42. The molecule has 1 aromatic carbocycles. The van der Waals surface area contributed by atoms with Crippen LogP contribution in [0.25, 0.3) is 10.9 Å². The largest absolute Gasteiger partial charge is 0.399 e. The van der Waals surface area contributed by atoms with Crippen molar-refractivity contribution in [1.29, 1.82) is 0 Å². The molecule has 0 unspecified atom stereocenters. The van der Waals surface area contributed by atoms with Gasteiger partial charge in [-0.3, -0.25) is 14.8 Å². The van der Waals surface area contributed by atoms with Gasteiger partial charge in [0.05, 0.1) is 24.4 Å². The molecule has 27 heavy (non-hydrogen) atoms. The highest BCUT2D eigenvalue weighted by atomic mass is 16.5. The van der Waals surface area contributed by atoms with Crippen LogP contribution < -0.4 is 5.73 Å². The number of benzene rings is 1. The number of aromatic nitrogens is 1. The number of rotatable bonds is 6. The summed E-state index contributed by atoms with van der Waals surface area (Å²) in [5.41, 5.74) is 8.82. The lowest BCUT2D eigenvalue weighted by Crippen LogP contribution is -2.46. The van der Waals surface area contributed by atoms with Gasteiger partial charge in [-0.05, 0) is 43.8 Å². The Morgan fingerprint density at radius 3 is 2.33 bits per heavy atom. The van der Waals surface area contributed by atoms with E-state index < -0.39 is 0 Å². The van der Waals surface area contributed by atoms with E-state index in [2.05, 4.69) is 26.8 Å². The molecule has 0 spiro atoms. The Hall–Kier alpha value is -1.73. The van der Waals surface area contributed by atoms with Crippen LogP contribution in [0.1, 0.15) is 12.1 Å². The number of hydrogen-bond donors (Lipinski definition) is 1. The van der Waals surface area contributed by atoms with E-state index in [4.69, 9.17) is 15.5 Å². The van der Waals surface area contributed by atoms with Gasteiger partial charge in [-0.2, -0.15) is 0 Å². The van der Waals surface area contributed by atoms with Crippen LogP contribution in [0.15, 0.2) is 30.3 Å². The van der Waals surface area contributed by atoms with Crippen LogP contribution in [0.4, 0.5) is 5.69 Å². The Kier molecular flexibility index (Phi) is 6.19. The van der Waals surface area contributed by atoms with Gasteiger partial charge < -0.3 is 15.4 Å². The minimum absolute atomic E-state index is 0.793. The molecule has 0 saturated carbocycles. The van der Waals surface area contributed by atoms with Gasteiger partial charge in [0.25, 0.3) is 0 Å². The Labute approximate surface area is 161 Å². The van der Waals surface area contributed by atoms with Crippen molar-refractivity contribution in [3.8, 4) is 0 Å². The van der Waals surface area contributed by atoms with Crippen molar-refractivity contribution < 1.29 is 4.74 Å². The average Bonchev–Trinajstić information content (AvgIpc) is 2.70. The first kappa shape index (κ1) is 18.6. The number of morpholine rings is 1. The van der Waals surface area contributed by atoms with E-state index in [0.717, 1.165) is 81.3 Å². The first-order valence-corrected chi connectivity index (χ1v) is 10.2. The molecule has 6 heteroatoms. The van der Waals surface area contributed by atoms with Crippen LogP contribution in [0, 0.1) is 0 Å². The van der Waals surface area contributed by atoms with Crippen molar-refractivity contribution in [3.05, 3.63) is 36.0 Å². The molecule has 2 saturated heterocycles. The summed E-state index contributed by atoms with van der Waals surface area (Å²) in [6.45, 7) is 11.9. The molecule has 2 aromatic rings. The van der Waals surface area contributed by atoms with Gasteiger partial charge in [-0.25, -0.2) is 0 Å². The van der Waals surface area contributed by atoms with E-state index in [9.17, 15) is 0 Å². The number of nitrogens with zero attached hydrogens (tertiary/aromatic N) is 4. The number of hydrogen-bond acceptors (Lipinski definition) is 6. The predicted octanol–water partition coefficient (Wildman–Crippen LogP) is 1.66. The zero-order valence-corrected chi connectivity index (χ0v) is 16.1. The standard InChI is InChI=1S/C21H31N5O/c22-19-3-5-21-18(16-19)2-4-20(23-21)17-26-10-8-24(9-11-26)6-1-7-25-12-14-27-15-13-25/h2-5,16H,1,6-15,17,22H2. The summed E-state index contributed by atoms with van der Waals surface area (Å²) in [6, 6.07) is 10.2. The normalized spacial score (nSPS) is 20.3. The molecule has 146 valence electrons. The Balaban J connectivity index is 1.20. The van der Waals surface area contributed by atoms with Gasteiger partial charge in [-0.1, -0.05) is 6.07 Å². The van der Waals surface area contributed by atoms with E-state index in [-0.39, 0.29) is 0 Å². The van der Waals surface area contributed by atoms with E-state index in [1.54, 1.807) is 0 Å². The lowest BCUT2D eigenvalue weighted by Gasteiger charge is -2.35. The summed E-state index contributed by atoms with van der Waals surface area (Å²) in [5, 5.41) is 1.11. The van der Waals surface area contributed by atoms with Crippen molar-refractivity contribution in [3.63, 3.8) is 0 Å². The van der Waals surface area contributed by atoms with Crippen molar-refractivity contribution in [2.75, 3.05) is 71.3 Å². The minimum Gasteiger partial charge on any atom is -0.399 e. The molecule has 4 rings (SSSR count). The smallest absolute Gasteiger partial charge is 0.0707 e. The third kappa shape index (κ3) is 5.17. The fourth-order valence-electron chi connectivity index (χ4n) is 4.02. The van der Waals surface area contributed by atoms with Crippen LogP contribution >= 0.6 is 0 Å². The molecule has 2 aliphatic rings. The third-order valence-electron chi connectivity index (χ3n) is 5.67. The summed E-state index contributed by atoms with van der Waals surface area (Å²) in [7, 11) is 0. The maximum Gasteiger partial charge on any atom is 0.0707 e. The van der Waals surface area contributed by atoms with Crippen LogP contribution in [0.5, 0.6) is 0 Å². The number of anilines is 1. The van der Waals surface area contributed by atoms with Crippen LogP contribution in [-0.4, -0.2) is 85.3 Å².